The van der Waals surface area contributed by atoms with E-state index in [-0.39, 0.29) is 16.9 Å². The van der Waals surface area contributed by atoms with Crippen molar-refractivity contribution < 1.29 is 23.8 Å². The molecule has 2 heterocycles. The summed E-state index contributed by atoms with van der Waals surface area (Å²) in [5.74, 6) is -2.60. The number of nitrogens with zero attached hydrogens (tertiary/aromatic N) is 2. The van der Waals surface area contributed by atoms with Crippen LogP contribution in [0.5, 0.6) is 5.75 Å². The normalized spacial score (nSPS) is 17.8. The Hall–Kier alpha value is -4.00. The lowest BCUT2D eigenvalue weighted by Gasteiger charge is -2.25. The fraction of sp³-hybridized carbons (Fsp3) is 0.125. The molecule has 4 rings (SSSR count). The number of benzene rings is 2. The number of anilines is 1. The van der Waals surface area contributed by atoms with E-state index in [1.54, 1.807) is 30.3 Å². The number of carbonyl (C=O) groups is 2. The molecule has 1 aromatic heterocycles. The number of rotatable bonds is 4. The monoisotopic (exact) mass is 418 g/mol. The van der Waals surface area contributed by atoms with Crippen LogP contribution in [0.1, 0.15) is 22.7 Å². The number of halogens is 1. The van der Waals surface area contributed by atoms with Gasteiger partial charge in [-0.15, -0.1) is 0 Å². The Morgan fingerprint density at radius 2 is 1.84 bits per heavy atom. The van der Waals surface area contributed by atoms with Gasteiger partial charge in [0.2, 0.25) is 0 Å². The smallest absolute Gasteiger partial charge is 0.300 e. The van der Waals surface area contributed by atoms with Gasteiger partial charge >= 0.3 is 0 Å². The summed E-state index contributed by atoms with van der Waals surface area (Å²) in [5.41, 5.74) is 1.83. The first kappa shape index (κ1) is 20.3. The highest BCUT2D eigenvalue weighted by Crippen LogP contribution is 2.43. The van der Waals surface area contributed by atoms with E-state index in [1.807, 2.05) is 13.0 Å². The Balaban J connectivity index is 1.99. The number of ether oxygens (including phenoxy) is 1. The number of hydrogen-bond acceptors (Lipinski definition) is 5. The lowest BCUT2D eigenvalue weighted by molar-refractivity contribution is -0.132. The van der Waals surface area contributed by atoms with Gasteiger partial charge in [-0.25, -0.2) is 4.39 Å². The Labute approximate surface area is 178 Å². The van der Waals surface area contributed by atoms with Gasteiger partial charge in [-0.3, -0.25) is 19.5 Å². The van der Waals surface area contributed by atoms with Crippen molar-refractivity contribution in [3.63, 3.8) is 0 Å². The number of pyridine rings is 1. The molecule has 0 saturated carbocycles. The predicted octanol–water partition coefficient (Wildman–Crippen LogP) is 4.16. The maximum absolute atomic E-state index is 14.0. The van der Waals surface area contributed by atoms with Gasteiger partial charge in [-0.1, -0.05) is 12.1 Å². The molecule has 31 heavy (non-hydrogen) atoms. The van der Waals surface area contributed by atoms with Gasteiger partial charge in [-0.05, 0) is 60.5 Å². The molecule has 1 aliphatic rings. The Kier molecular flexibility index (Phi) is 5.25. The third kappa shape index (κ3) is 3.54. The molecule has 1 atom stereocenters. The number of Topliss-reactive ketones (excluding diaryl/α,β-unsaturated/α-hetero) is 1. The van der Waals surface area contributed by atoms with Gasteiger partial charge in [0.1, 0.15) is 17.3 Å². The molecule has 1 saturated heterocycles. The highest BCUT2D eigenvalue weighted by molar-refractivity contribution is 6.51. The first-order chi connectivity index (χ1) is 14.9. The van der Waals surface area contributed by atoms with E-state index < -0.39 is 29.3 Å². The summed E-state index contributed by atoms with van der Waals surface area (Å²) >= 11 is 0. The number of aliphatic hydroxyl groups excluding tert-OH is 1. The molecule has 7 heteroatoms. The SMILES string of the molecule is COc1ccc(F)cc1/C(O)=C1\C(=O)C(=O)N(c2cccc(C)c2)C1c1ccncc1. The van der Waals surface area contributed by atoms with Crippen molar-refractivity contribution in [1.82, 2.24) is 4.98 Å². The number of hydrogen-bond donors (Lipinski definition) is 1. The van der Waals surface area contributed by atoms with E-state index in [0.717, 1.165) is 11.6 Å². The van der Waals surface area contributed by atoms with Crippen LogP contribution in [0.3, 0.4) is 0 Å². The molecule has 0 aliphatic carbocycles. The average Bonchev–Trinajstić information content (AvgIpc) is 3.04. The van der Waals surface area contributed by atoms with E-state index in [9.17, 15) is 19.1 Å². The summed E-state index contributed by atoms with van der Waals surface area (Å²) in [5, 5.41) is 11.1. The second-order valence-electron chi connectivity index (χ2n) is 7.13. The zero-order chi connectivity index (χ0) is 22.1. The molecule has 3 aromatic rings. The fourth-order valence-electron chi connectivity index (χ4n) is 3.75. The number of ketones is 1. The number of carbonyl (C=O) groups excluding carboxylic acids is 2. The average molecular weight is 418 g/mol. The Bertz CT molecular complexity index is 1210. The van der Waals surface area contributed by atoms with Gasteiger partial charge in [0.15, 0.2) is 0 Å². The molecule has 1 amide bonds. The lowest BCUT2D eigenvalue weighted by Crippen LogP contribution is -2.29. The zero-order valence-corrected chi connectivity index (χ0v) is 16.9. The van der Waals surface area contributed by atoms with Crippen molar-refractivity contribution in [1.29, 1.82) is 0 Å². The van der Waals surface area contributed by atoms with Crippen molar-refractivity contribution in [2.24, 2.45) is 0 Å². The van der Waals surface area contributed by atoms with Crippen molar-refractivity contribution in [3.8, 4) is 5.75 Å². The quantitative estimate of drug-likeness (QED) is 0.391. The van der Waals surface area contributed by atoms with Crippen LogP contribution in [0.25, 0.3) is 5.76 Å². The Morgan fingerprint density at radius 1 is 1.10 bits per heavy atom. The standard InChI is InChI=1S/C24H19FN2O4/c1-14-4-3-5-17(12-14)27-21(15-8-10-26-11-9-15)20(23(29)24(27)30)22(28)18-13-16(25)6-7-19(18)31-2/h3-13,21,28H,1-2H3/b22-20+. The number of aryl methyl sites for hydroxylation is 1. The first-order valence-corrected chi connectivity index (χ1v) is 9.54. The van der Waals surface area contributed by atoms with Crippen LogP contribution in [0.4, 0.5) is 10.1 Å². The van der Waals surface area contributed by atoms with Crippen molar-refractivity contribution in [2.75, 3.05) is 12.0 Å². The van der Waals surface area contributed by atoms with E-state index in [0.29, 0.717) is 11.3 Å². The number of aromatic nitrogens is 1. The van der Waals surface area contributed by atoms with Crippen LogP contribution >= 0.6 is 0 Å². The van der Waals surface area contributed by atoms with E-state index in [1.165, 1.54) is 36.5 Å². The molecule has 1 unspecified atom stereocenters. The third-order valence-electron chi connectivity index (χ3n) is 5.16. The highest BCUT2D eigenvalue weighted by Gasteiger charge is 2.47. The maximum Gasteiger partial charge on any atom is 0.300 e. The van der Waals surface area contributed by atoms with E-state index in [2.05, 4.69) is 4.98 Å². The fourth-order valence-corrected chi connectivity index (χ4v) is 3.75. The van der Waals surface area contributed by atoms with Gasteiger partial charge in [0, 0.05) is 18.1 Å². The Morgan fingerprint density at radius 3 is 2.52 bits per heavy atom. The van der Waals surface area contributed by atoms with Gasteiger partial charge in [-0.2, -0.15) is 0 Å². The molecule has 1 N–H and O–H groups in total. The maximum atomic E-state index is 14.0. The van der Waals surface area contributed by atoms with Crippen molar-refractivity contribution in [2.45, 2.75) is 13.0 Å². The second-order valence-corrected chi connectivity index (χ2v) is 7.13. The molecule has 0 bridgehead atoms. The predicted molar refractivity (Wildman–Crippen MR) is 113 cm³/mol. The largest absolute Gasteiger partial charge is 0.507 e. The highest BCUT2D eigenvalue weighted by atomic mass is 19.1. The minimum atomic E-state index is -0.919. The van der Waals surface area contributed by atoms with Crippen LogP contribution in [-0.4, -0.2) is 28.9 Å². The summed E-state index contributed by atoms with van der Waals surface area (Å²) in [4.78, 5) is 31.5. The molecule has 1 aliphatic heterocycles. The molecule has 6 nitrogen and oxygen atoms in total. The van der Waals surface area contributed by atoms with Gasteiger partial charge < -0.3 is 9.84 Å². The molecular weight excluding hydrogens is 399 g/mol. The number of amides is 1. The second kappa shape index (κ2) is 8.02. The summed E-state index contributed by atoms with van der Waals surface area (Å²) in [6, 6.07) is 13.2. The van der Waals surface area contributed by atoms with E-state index in [4.69, 9.17) is 4.74 Å². The minimum Gasteiger partial charge on any atom is -0.507 e. The molecule has 1 fully saturated rings. The zero-order valence-electron chi connectivity index (χ0n) is 16.9. The third-order valence-corrected chi connectivity index (χ3v) is 5.16. The first-order valence-electron chi connectivity index (χ1n) is 9.54. The number of aliphatic hydroxyl groups is 1. The number of methoxy groups -OCH3 is 1. The lowest BCUT2D eigenvalue weighted by atomic mass is 9.95. The molecule has 156 valence electrons. The minimum absolute atomic E-state index is 0.0104. The van der Waals surface area contributed by atoms with Gasteiger partial charge in [0.25, 0.3) is 11.7 Å². The van der Waals surface area contributed by atoms with Crippen LogP contribution in [0.2, 0.25) is 0 Å². The van der Waals surface area contributed by atoms with Crippen LogP contribution in [0, 0.1) is 12.7 Å². The van der Waals surface area contributed by atoms with Gasteiger partial charge in [0.05, 0.1) is 24.3 Å². The van der Waals surface area contributed by atoms with Crippen molar-refractivity contribution in [3.05, 3.63) is 95.1 Å². The summed E-state index contributed by atoms with van der Waals surface area (Å²) in [6.45, 7) is 1.87. The molecule has 2 aromatic carbocycles. The molecular formula is C24H19FN2O4. The molecule has 0 spiro atoms. The summed E-state index contributed by atoms with van der Waals surface area (Å²) in [7, 11) is 1.37. The summed E-state index contributed by atoms with van der Waals surface area (Å²) < 4.78 is 19.2. The van der Waals surface area contributed by atoms with Crippen LogP contribution in [0.15, 0.2) is 72.6 Å². The van der Waals surface area contributed by atoms with Crippen LogP contribution in [-0.2, 0) is 9.59 Å². The molecule has 0 radical (unpaired) electrons. The van der Waals surface area contributed by atoms with Crippen molar-refractivity contribution >= 4 is 23.1 Å². The summed E-state index contributed by atoms with van der Waals surface area (Å²) in [6.07, 6.45) is 3.07. The topological polar surface area (TPSA) is 79.7 Å². The van der Waals surface area contributed by atoms with E-state index >= 15 is 0 Å². The van der Waals surface area contributed by atoms with Crippen LogP contribution < -0.4 is 9.64 Å².